The maximum absolute atomic E-state index is 8.81. The van der Waals surface area contributed by atoms with Crippen LogP contribution < -0.4 is 9.47 Å². The van der Waals surface area contributed by atoms with Gasteiger partial charge in [0.2, 0.25) is 0 Å². The normalized spacial score (nSPS) is 15.4. The topological polar surface area (TPSA) is 38.7 Å². The van der Waals surface area contributed by atoms with Gasteiger partial charge in [-0.1, -0.05) is 6.07 Å². The number of benzene rings is 1. The van der Waals surface area contributed by atoms with Gasteiger partial charge in [0.15, 0.2) is 11.5 Å². The zero-order chi connectivity index (χ0) is 12.1. The fourth-order valence-electron chi connectivity index (χ4n) is 1.92. The third-order valence-electron chi connectivity index (χ3n) is 3.20. The van der Waals surface area contributed by atoms with Gasteiger partial charge in [-0.15, -0.1) is 0 Å². The highest BCUT2D eigenvalue weighted by Crippen LogP contribution is 2.33. The molecule has 2 rings (SSSR count). The first-order valence-corrected chi connectivity index (χ1v) is 6.28. The number of hydrogen-bond acceptors (Lipinski definition) is 3. The third-order valence-corrected chi connectivity index (χ3v) is 3.20. The van der Waals surface area contributed by atoms with Crippen molar-refractivity contribution in [3.05, 3.63) is 23.8 Å². The zero-order valence-electron chi connectivity index (χ0n) is 10.3. The van der Waals surface area contributed by atoms with E-state index in [0.717, 1.165) is 37.2 Å². The molecule has 1 aliphatic rings. The summed E-state index contributed by atoms with van der Waals surface area (Å²) in [7, 11) is 1.67. The average Bonchev–Trinajstić information content (AvgIpc) is 2.31. The molecular weight excluding hydrogens is 216 g/mol. The Labute approximate surface area is 102 Å². The molecule has 0 bridgehead atoms. The number of hydrogen-bond donors (Lipinski definition) is 1. The summed E-state index contributed by atoms with van der Waals surface area (Å²) in [5.74, 6) is 1.64. The van der Waals surface area contributed by atoms with Crippen molar-refractivity contribution in [3.63, 3.8) is 0 Å². The molecule has 0 amide bonds. The highest BCUT2D eigenvalue weighted by atomic mass is 16.5. The lowest BCUT2D eigenvalue weighted by Crippen LogP contribution is -2.24. The SMILES string of the molecule is COc1cc(CCCO)ccc1OC1CCC1. The van der Waals surface area contributed by atoms with E-state index in [1.54, 1.807) is 7.11 Å². The summed E-state index contributed by atoms with van der Waals surface area (Å²) in [6.45, 7) is 0.225. The van der Waals surface area contributed by atoms with Crippen molar-refractivity contribution < 1.29 is 14.6 Å². The second-order valence-electron chi connectivity index (χ2n) is 4.48. The van der Waals surface area contributed by atoms with Crippen molar-refractivity contribution in [2.75, 3.05) is 13.7 Å². The maximum atomic E-state index is 8.81. The van der Waals surface area contributed by atoms with Gasteiger partial charge < -0.3 is 14.6 Å². The molecule has 0 spiro atoms. The van der Waals surface area contributed by atoms with Crippen LogP contribution in [0, 0.1) is 0 Å². The molecule has 1 saturated carbocycles. The van der Waals surface area contributed by atoms with E-state index in [2.05, 4.69) is 0 Å². The van der Waals surface area contributed by atoms with E-state index in [1.165, 1.54) is 12.0 Å². The van der Waals surface area contributed by atoms with Gasteiger partial charge in [-0.2, -0.15) is 0 Å². The molecule has 0 aromatic heterocycles. The van der Waals surface area contributed by atoms with E-state index in [4.69, 9.17) is 14.6 Å². The Morgan fingerprint density at radius 2 is 2.12 bits per heavy atom. The van der Waals surface area contributed by atoms with E-state index in [0.29, 0.717) is 6.10 Å². The van der Waals surface area contributed by atoms with Crippen LogP contribution in [-0.4, -0.2) is 24.9 Å². The third kappa shape index (κ3) is 3.13. The highest BCUT2D eigenvalue weighted by molar-refractivity contribution is 5.43. The highest BCUT2D eigenvalue weighted by Gasteiger charge is 2.20. The van der Waals surface area contributed by atoms with Crippen LogP contribution in [-0.2, 0) is 6.42 Å². The number of aliphatic hydroxyl groups excluding tert-OH is 1. The fraction of sp³-hybridized carbons (Fsp3) is 0.571. The molecule has 0 aliphatic heterocycles. The van der Waals surface area contributed by atoms with Crippen molar-refractivity contribution in [2.45, 2.75) is 38.2 Å². The summed E-state index contributed by atoms with van der Waals surface area (Å²) in [6.07, 6.45) is 5.58. The molecule has 1 fully saturated rings. The van der Waals surface area contributed by atoms with Crippen LogP contribution >= 0.6 is 0 Å². The zero-order valence-corrected chi connectivity index (χ0v) is 10.3. The molecule has 1 N–H and O–H groups in total. The van der Waals surface area contributed by atoms with Gasteiger partial charge in [0.05, 0.1) is 13.2 Å². The van der Waals surface area contributed by atoms with Gasteiger partial charge in [0.1, 0.15) is 0 Å². The van der Waals surface area contributed by atoms with Crippen LogP contribution in [0.25, 0.3) is 0 Å². The van der Waals surface area contributed by atoms with Gasteiger partial charge in [0, 0.05) is 6.61 Å². The molecule has 0 heterocycles. The first-order valence-electron chi connectivity index (χ1n) is 6.28. The Balaban J connectivity index is 2.04. The number of aliphatic hydroxyl groups is 1. The van der Waals surface area contributed by atoms with Crippen LogP contribution in [0.4, 0.5) is 0 Å². The van der Waals surface area contributed by atoms with Gasteiger partial charge in [-0.25, -0.2) is 0 Å². The van der Waals surface area contributed by atoms with Crippen molar-refractivity contribution in [2.24, 2.45) is 0 Å². The van der Waals surface area contributed by atoms with Gasteiger partial charge in [0.25, 0.3) is 0 Å². The Hall–Kier alpha value is -1.22. The molecule has 3 heteroatoms. The summed E-state index contributed by atoms with van der Waals surface area (Å²) in [5, 5.41) is 8.81. The van der Waals surface area contributed by atoms with Crippen molar-refractivity contribution in [1.29, 1.82) is 0 Å². The van der Waals surface area contributed by atoms with Gasteiger partial charge in [-0.05, 0) is 49.8 Å². The lowest BCUT2D eigenvalue weighted by molar-refractivity contribution is 0.116. The Bertz CT molecular complexity index is 358. The second-order valence-corrected chi connectivity index (χ2v) is 4.48. The lowest BCUT2D eigenvalue weighted by Gasteiger charge is -2.27. The van der Waals surface area contributed by atoms with Crippen LogP contribution in [0.1, 0.15) is 31.2 Å². The van der Waals surface area contributed by atoms with Crippen molar-refractivity contribution in [1.82, 2.24) is 0 Å². The fourth-order valence-corrected chi connectivity index (χ4v) is 1.92. The lowest BCUT2D eigenvalue weighted by atomic mass is 9.96. The first-order chi connectivity index (χ1) is 8.33. The number of methoxy groups -OCH3 is 1. The first kappa shape index (κ1) is 12.2. The minimum Gasteiger partial charge on any atom is -0.493 e. The van der Waals surface area contributed by atoms with Crippen molar-refractivity contribution >= 4 is 0 Å². The van der Waals surface area contributed by atoms with Crippen LogP contribution in [0.3, 0.4) is 0 Å². The smallest absolute Gasteiger partial charge is 0.161 e. The van der Waals surface area contributed by atoms with E-state index in [9.17, 15) is 0 Å². The molecule has 3 nitrogen and oxygen atoms in total. The number of rotatable bonds is 6. The Morgan fingerprint density at radius 1 is 1.29 bits per heavy atom. The molecular formula is C14H20O3. The molecule has 1 aromatic rings. The summed E-state index contributed by atoms with van der Waals surface area (Å²) in [5.41, 5.74) is 1.18. The molecule has 0 atom stereocenters. The Morgan fingerprint density at radius 3 is 2.71 bits per heavy atom. The molecule has 0 unspecified atom stereocenters. The summed E-state index contributed by atoms with van der Waals surface area (Å²) in [4.78, 5) is 0. The van der Waals surface area contributed by atoms with Gasteiger partial charge >= 0.3 is 0 Å². The monoisotopic (exact) mass is 236 g/mol. The van der Waals surface area contributed by atoms with E-state index in [1.807, 2.05) is 18.2 Å². The maximum Gasteiger partial charge on any atom is 0.161 e. The predicted molar refractivity (Wildman–Crippen MR) is 66.7 cm³/mol. The molecule has 94 valence electrons. The largest absolute Gasteiger partial charge is 0.493 e. The predicted octanol–water partition coefficient (Wildman–Crippen LogP) is 2.55. The molecule has 0 radical (unpaired) electrons. The van der Waals surface area contributed by atoms with Crippen LogP contribution in [0.2, 0.25) is 0 Å². The molecule has 0 saturated heterocycles. The summed E-state index contributed by atoms with van der Waals surface area (Å²) < 4.78 is 11.2. The summed E-state index contributed by atoms with van der Waals surface area (Å²) in [6, 6.07) is 6.03. The van der Waals surface area contributed by atoms with E-state index in [-0.39, 0.29) is 6.61 Å². The van der Waals surface area contributed by atoms with E-state index < -0.39 is 0 Å². The minimum atomic E-state index is 0.225. The van der Waals surface area contributed by atoms with Gasteiger partial charge in [-0.3, -0.25) is 0 Å². The van der Waals surface area contributed by atoms with E-state index >= 15 is 0 Å². The standard InChI is InChI=1S/C14H20O3/c1-16-14-10-11(4-3-9-15)7-8-13(14)17-12-5-2-6-12/h7-8,10,12,15H,2-6,9H2,1H3. The average molecular weight is 236 g/mol. The van der Waals surface area contributed by atoms with Crippen LogP contribution in [0.15, 0.2) is 18.2 Å². The molecule has 1 aromatic carbocycles. The quantitative estimate of drug-likeness (QED) is 0.825. The second kappa shape index (κ2) is 5.92. The van der Waals surface area contributed by atoms with Crippen LogP contribution in [0.5, 0.6) is 11.5 Å². The number of aryl methyl sites for hydroxylation is 1. The number of ether oxygens (including phenoxy) is 2. The van der Waals surface area contributed by atoms with Crippen molar-refractivity contribution in [3.8, 4) is 11.5 Å². The minimum absolute atomic E-state index is 0.225. The Kier molecular flexibility index (Phi) is 4.26. The summed E-state index contributed by atoms with van der Waals surface area (Å²) >= 11 is 0. The molecule has 1 aliphatic carbocycles. The molecule has 17 heavy (non-hydrogen) atoms.